The largest absolute Gasteiger partial charge is 0.374 e. The van der Waals surface area contributed by atoms with Crippen molar-refractivity contribution in [2.24, 2.45) is 0 Å². The Kier molecular flexibility index (Phi) is 11.1. The van der Waals surface area contributed by atoms with Crippen molar-refractivity contribution in [1.29, 1.82) is 0 Å². The third-order valence-electron chi connectivity index (χ3n) is 4.21. The highest BCUT2D eigenvalue weighted by atomic mass is 32.2. The third-order valence-corrected chi connectivity index (χ3v) is 5.54. The summed E-state index contributed by atoms with van der Waals surface area (Å²) in [6.07, 6.45) is 2.40. The van der Waals surface area contributed by atoms with E-state index < -0.39 is 16.4 Å². The lowest BCUT2D eigenvalue weighted by atomic mass is 10.2. The first-order valence-corrected chi connectivity index (χ1v) is 11.4. The van der Waals surface area contributed by atoms with Crippen molar-refractivity contribution in [3.05, 3.63) is 29.8 Å². The maximum atomic E-state index is 12.1. The van der Waals surface area contributed by atoms with Crippen molar-refractivity contribution in [2.75, 3.05) is 46.2 Å². The van der Waals surface area contributed by atoms with Crippen LogP contribution in [0.25, 0.3) is 0 Å². The molecular formula is C20H32O8S. The summed E-state index contributed by atoms with van der Waals surface area (Å²) in [6.45, 7) is 5.90. The molecule has 1 heterocycles. The second kappa shape index (κ2) is 13.3. The van der Waals surface area contributed by atoms with Crippen LogP contribution in [-0.4, -0.2) is 67.2 Å². The molecule has 8 nitrogen and oxygen atoms in total. The summed E-state index contributed by atoms with van der Waals surface area (Å²) in [5.41, 5.74) is 0.978. The molecular weight excluding hydrogens is 400 g/mol. The van der Waals surface area contributed by atoms with Crippen LogP contribution in [0.2, 0.25) is 0 Å². The number of hydrogen-bond acceptors (Lipinski definition) is 8. The Hall–Kier alpha value is -1.07. The zero-order valence-electron chi connectivity index (χ0n) is 17.2. The number of benzene rings is 1. The second-order valence-corrected chi connectivity index (χ2v) is 8.20. The SMILES string of the molecule is CCOC(COCCOS(=O)(=O)c1ccc(C)cc1)OCCOC1CCCCO1. The molecule has 1 aliphatic heterocycles. The maximum Gasteiger partial charge on any atom is 0.297 e. The minimum atomic E-state index is -3.79. The highest BCUT2D eigenvalue weighted by Gasteiger charge is 2.16. The quantitative estimate of drug-likeness (QED) is 0.252. The number of ether oxygens (including phenoxy) is 5. The highest BCUT2D eigenvalue weighted by Crippen LogP contribution is 2.14. The fourth-order valence-electron chi connectivity index (χ4n) is 2.69. The van der Waals surface area contributed by atoms with Crippen LogP contribution in [-0.2, 0) is 38.0 Å². The summed E-state index contributed by atoms with van der Waals surface area (Å²) in [5, 5.41) is 0. The summed E-state index contributed by atoms with van der Waals surface area (Å²) in [4.78, 5) is 0.126. The summed E-state index contributed by atoms with van der Waals surface area (Å²) in [5.74, 6) is 0. The zero-order chi connectivity index (χ0) is 21.0. The van der Waals surface area contributed by atoms with Gasteiger partial charge in [-0.3, -0.25) is 4.18 Å². The van der Waals surface area contributed by atoms with Gasteiger partial charge in [0.1, 0.15) is 0 Å². The van der Waals surface area contributed by atoms with Crippen molar-refractivity contribution in [3.63, 3.8) is 0 Å². The van der Waals surface area contributed by atoms with E-state index in [1.165, 1.54) is 12.1 Å². The van der Waals surface area contributed by atoms with Crippen LogP contribution in [0.15, 0.2) is 29.2 Å². The summed E-state index contributed by atoms with van der Waals surface area (Å²) in [7, 11) is -3.79. The van der Waals surface area contributed by atoms with Gasteiger partial charge in [-0.05, 0) is 45.2 Å². The van der Waals surface area contributed by atoms with Gasteiger partial charge in [0.2, 0.25) is 0 Å². The minimum Gasteiger partial charge on any atom is -0.374 e. The Morgan fingerprint density at radius 2 is 1.86 bits per heavy atom. The van der Waals surface area contributed by atoms with Crippen molar-refractivity contribution >= 4 is 10.1 Å². The fourth-order valence-corrected chi connectivity index (χ4v) is 3.58. The van der Waals surface area contributed by atoms with E-state index >= 15 is 0 Å². The summed E-state index contributed by atoms with van der Waals surface area (Å²) < 4.78 is 56.8. The molecule has 1 aromatic carbocycles. The Labute approximate surface area is 173 Å². The molecule has 0 bridgehead atoms. The molecule has 0 radical (unpaired) electrons. The lowest BCUT2D eigenvalue weighted by molar-refractivity contribution is -0.201. The van der Waals surface area contributed by atoms with E-state index in [0.717, 1.165) is 31.4 Å². The summed E-state index contributed by atoms with van der Waals surface area (Å²) in [6, 6.07) is 6.48. The van der Waals surface area contributed by atoms with Crippen LogP contribution in [0.5, 0.6) is 0 Å². The van der Waals surface area contributed by atoms with E-state index in [9.17, 15) is 8.42 Å². The van der Waals surface area contributed by atoms with E-state index in [0.29, 0.717) is 19.8 Å². The van der Waals surface area contributed by atoms with Gasteiger partial charge in [0.15, 0.2) is 12.6 Å². The predicted octanol–water partition coefficient (Wildman–Crippen LogP) is 2.64. The number of hydrogen-bond donors (Lipinski definition) is 0. The molecule has 0 aliphatic carbocycles. The average Bonchev–Trinajstić information content (AvgIpc) is 2.72. The maximum absolute atomic E-state index is 12.1. The third kappa shape index (κ3) is 9.52. The Morgan fingerprint density at radius 3 is 2.55 bits per heavy atom. The van der Waals surface area contributed by atoms with Gasteiger partial charge in [-0.1, -0.05) is 17.7 Å². The molecule has 0 N–H and O–H groups in total. The normalized spacial score (nSPS) is 18.6. The lowest BCUT2D eigenvalue weighted by Crippen LogP contribution is -2.28. The smallest absolute Gasteiger partial charge is 0.297 e. The molecule has 1 fully saturated rings. The lowest BCUT2D eigenvalue weighted by Gasteiger charge is -2.23. The second-order valence-electron chi connectivity index (χ2n) is 6.59. The van der Waals surface area contributed by atoms with Gasteiger partial charge in [0.05, 0.1) is 37.9 Å². The molecule has 9 heteroatoms. The first-order chi connectivity index (χ1) is 14.0. The molecule has 0 saturated carbocycles. The van der Waals surface area contributed by atoms with E-state index in [1.807, 2.05) is 13.8 Å². The molecule has 2 atom stereocenters. The van der Waals surface area contributed by atoms with Crippen molar-refractivity contribution < 1.29 is 36.3 Å². The van der Waals surface area contributed by atoms with Crippen LogP contribution in [0.1, 0.15) is 31.7 Å². The van der Waals surface area contributed by atoms with Crippen LogP contribution in [0.3, 0.4) is 0 Å². The molecule has 0 amide bonds. The molecule has 2 unspecified atom stereocenters. The van der Waals surface area contributed by atoms with Crippen molar-refractivity contribution in [2.45, 2.75) is 50.6 Å². The van der Waals surface area contributed by atoms with Gasteiger partial charge in [-0.15, -0.1) is 0 Å². The first kappa shape index (κ1) is 24.2. The molecule has 1 aliphatic rings. The van der Waals surface area contributed by atoms with Crippen LogP contribution >= 0.6 is 0 Å². The van der Waals surface area contributed by atoms with E-state index in [4.69, 9.17) is 27.9 Å². The topological polar surface area (TPSA) is 89.5 Å². The van der Waals surface area contributed by atoms with E-state index in [-0.39, 0.29) is 31.0 Å². The highest BCUT2D eigenvalue weighted by molar-refractivity contribution is 7.86. The molecule has 29 heavy (non-hydrogen) atoms. The molecule has 1 aromatic rings. The van der Waals surface area contributed by atoms with E-state index in [1.54, 1.807) is 12.1 Å². The minimum absolute atomic E-state index is 0.0861. The van der Waals surface area contributed by atoms with Gasteiger partial charge in [-0.25, -0.2) is 0 Å². The Bertz CT molecular complexity index is 656. The number of aryl methyl sites for hydroxylation is 1. The first-order valence-electron chi connectivity index (χ1n) is 10.0. The van der Waals surface area contributed by atoms with Gasteiger partial charge >= 0.3 is 0 Å². The zero-order valence-corrected chi connectivity index (χ0v) is 18.0. The van der Waals surface area contributed by atoms with Gasteiger partial charge < -0.3 is 23.7 Å². The van der Waals surface area contributed by atoms with Crippen LogP contribution in [0.4, 0.5) is 0 Å². The molecule has 166 valence electrons. The van der Waals surface area contributed by atoms with Gasteiger partial charge in [0, 0.05) is 13.2 Å². The van der Waals surface area contributed by atoms with E-state index in [2.05, 4.69) is 0 Å². The summed E-state index contributed by atoms with van der Waals surface area (Å²) >= 11 is 0. The fraction of sp³-hybridized carbons (Fsp3) is 0.700. The predicted molar refractivity (Wildman–Crippen MR) is 106 cm³/mol. The molecule has 0 spiro atoms. The van der Waals surface area contributed by atoms with Gasteiger partial charge in [-0.2, -0.15) is 8.42 Å². The molecule has 1 saturated heterocycles. The average molecular weight is 433 g/mol. The van der Waals surface area contributed by atoms with Crippen LogP contribution < -0.4 is 0 Å². The monoisotopic (exact) mass is 432 g/mol. The Morgan fingerprint density at radius 1 is 1.07 bits per heavy atom. The Balaban J connectivity index is 1.59. The van der Waals surface area contributed by atoms with Gasteiger partial charge in [0.25, 0.3) is 10.1 Å². The van der Waals surface area contributed by atoms with Crippen molar-refractivity contribution in [3.8, 4) is 0 Å². The molecule has 2 rings (SSSR count). The van der Waals surface area contributed by atoms with Crippen molar-refractivity contribution in [1.82, 2.24) is 0 Å². The molecule has 0 aromatic heterocycles. The number of rotatable bonds is 14. The van der Waals surface area contributed by atoms with Crippen LogP contribution in [0, 0.1) is 6.92 Å². The standard InChI is InChI=1S/C20H32O8S/c1-3-24-20(27-14-13-26-19-6-4-5-11-25-19)16-23-12-15-28-29(21,22)18-9-7-17(2)8-10-18/h7-10,19-20H,3-6,11-16H2,1-2H3.